The third-order valence-electron chi connectivity index (χ3n) is 7.05. The minimum Gasteiger partial charge on any atom is -0.366 e. The maximum Gasteiger partial charge on any atom is 0.258 e. The summed E-state index contributed by atoms with van der Waals surface area (Å²) in [5, 5.41) is 3.07. The van der Waals surface area contributed by atoms with Gasteiger partial charge in [0.15, 0.2) is 0 Å². The van der Waals surface area contributed by atoms with Crippen LogP contribution in [0.2, 0.25) is 0 Å². The maximum absolute atomic E-state index is 13.3. The van der Waals surface area contributed by atoms with Crippen LogP contribution in [0, 0.1) is 0 Å². The lowest BCUT2D eigenvalue weighted by Crippen LogP contribution is -2.36. The Morgan fingerprint density at radius 1 is 0.895 bits per heavy atom. The zero-order valence-corrected chi connectivity index (χ0v) is 21.9. The van der Waals surface area contributed by atoms with Crippen LogP contribution in [0.5, 0.6) is 0 Å². The van der Waals surface area contributed by atoms with E-state index in [1.807, 2.05) is 85.8 Å². The average molecular weight is 510 g/mol. The van der Waals surface area contributed by atoms with Gasteiger partial charge in [-0.2, -0.15) is 0 Å². The summed E-state index contributed by atoms with van der Waals surface area (Å²) in [6.07, 6.45) is 3.48. The summed E-state index contributed by atoms with van der Waals surface area (Å²) >= 11 is 0. The number of hydrogen-bond donors (Lipinski definition) is 1. The van der Waals surface area contributed by atoms with E-state index in [4.69, 9.17) is 0 Å². The van der Waals surface area contributed by atoms with E-state index in [2.05, 4.69) is 22.2 Å². The number of para-hydroxylation sites is 2. The van der Waals surface area contributed by atoms with Crippen LogP contribution in [0.25, 0.3) is 0 Å². The Labute approximate surface area is 225 Å². The van der Waals surface area contributed by atoms with E-state index in [0.29, 0.717) is 36.6 Å². The monoisotopic (exact) mass is 509 g/mol. The van der Waals surface area contributed by atoms with Crippen LogP contribution in [-0.2, 0) is 9.59 Å². The fourth-order valence-electron chi connectivity index (χ4n) is 5.05. The number of carbonyl (C=O) groups excluding carboxylic acids is 3. The van der Waals surface area contributed by atoms with Crippen LogP contribution >= 0.6 is 0 Å². The molecule has 0 aromatic heterocycles. The molecule has 196 valence electrons. The molecule has 3 aromatic carbocycles. The van der Waals surface area contributed by atoms with E-state index < -0.39 is 0 Å². The summed E-state index contributed by atoms with van der Waals surface area (Å²) in [6, 6.07) is 26.8. The molecule has 1 heterocycles. The first-order valence-corrected chi connectivity index (χ1v) is 13.4. The first-order valence-electron chi connectivity index (χ1n) is 13.4. The zero-order chi connectivity index (χ0) is 26.7. The molecule has 38 heavy (non-hydrogen) atoms. The number of rotatable bonds is 10. The molecule has 1 fully saturated rings. The lowest BCUT2D eigenvalue weighted by Gasteiger charge is -2.35. The van der Waals surface area contributed by atoms with Crippen molar-refractivity contribution in [1.82, 2.24) is 4.90 Å². The highest BCUT2D eigenvalue weighted by Gasteiger charge is 2.26. The molecule has 0 radical (unpaired) electrons. The van der Waals surface area contributed by atoms with Crippen molar-refractivity contribution in [3.05, 3.63) is 102 Å². The van der Waals surface area contributed by atoms with Crippen molar-refractivity contribution >= 4 is 29.1 Å². The molecule has 1 aliphatic rings. The predicted octanol–water partition coefficient (Wildman–Crippen LogP) is 6.06. The minimum absolute atomic E-state index is 0.0385. The molecule has 0 bridgehead atoms. The lowest BCUT2D eigenvalue weighted by molar-refractivity contribution is -0.116. The smallest absolute Gasteiger partial charge is 0.258 e. The molecule has 0 aliphatic carbocycles. The zero-order valence-electron chi connectivity index (χ0n) is 21.9. The number of amides is 2. The molecule has 1 N–H and O–H groups in total. The van der Waals surface area contributed by atoms with Gasteiger partial charge in [-0.3, -0.25) is 9.59 Å². The highest BCUT2D eigenvalue weighted by Crippen LogP contribution is 2.34. The molecular formula is C32H35N3O3. The first-order chi connectivity index (χ1) is 18.6. The van der Waals surface area contributed by atoms with Gasteiger partial charge in [-0.25, -0.2) is 4.79 Å². The Bertz CT molecular complexity index is 1260. The van der Waals surface area contributed by atoms with Crippen LogP contribution in [0.1, 0.15) is 60.9 Å². The number of carbonyl (C=O) groups is 2. The molecule has 3 aromatic rings. The van der Waals surface area contributed by atoms with Crippen molar-refractivity contribution in [3.8, 4) is 0 Å². The van der Waals surface area contributed by atoms with Gasteiger partial charge in [0.2, 0.25) is 5.91 Å². The quantitative estimate of drug-likeness (QED) is 0.338. The minimum atomic E-state index is -0.0949. The van der Waals surface area contributed by atoms with Crippen molar-refractivity contribution in [3.63, 3.8) is 0 Å². The highest BCUT2D eigenvalue weighted by molar-refractivity contribution is 6.06. The van der Waals surface area contributed by atoms with Crippen LogP contribution in [0.15, 0.2) is 90.6 Å². The maximum atomic E-state index is 13.3. The van der Waals surface area contributed by atoms with E-state index in [1.54, 1.807) is 4.90 Å². The standard InChI is InChI=1S/C32H35N3O3/c1-2-11-31(37)33-30-17-10-9-16-29(30)25-18-21-34(22-19-25)28(24-36)20-23-35(27-14-7-4-8-15-27)32(38)26-12-5-3-6-13-26/h3-10,12-17,25H,2,11,18-23H2,1H3,(H,33,37). The summed E-state index contributed by atoms with van der Waals surface area (Å²) in [6.45, 7) is 3.83. The fraction of sp³-hybridized carbons (Fsp3) is 0.312. The molecule has 0 spiro atoms. The first kappa shape index (κ1) is 26.9. The molecule has 0 unspecified atom stereocenters. The number of likely N-dealkylation sites (tertiary alicyclic amines) is 1. The largest absolute Gasteiger partial charge is 0.366 e. The van der Waals surface area contributed by atoms with Gasteiger partial charge in [0, 0.05) is 49.4 Å². The number of piperidine rings is 1. The number of nitrogens with one attached hydrogen (secondary N) is 1. The van der Waals surface area contributed by atoms with Crippen LogP contribution < -0.4 is 10.2 Å². The van der Waals surface area contributed by atoms with Crippen LogP contribution in [0.4, 0.5) is 11.4 Å². The molecule has 2 amide bonds. The van der Waals surface area contributed by atoms with Crippen molar-refractivity contribution in [2.75, 3.05) is 29.9 Å². The van der Waals surface area contributed by atoms with Gasteiger partial charge < -0.3 is 15.1 Å². The van der Waals surface area contributed by atoms with Crippen molar-refractivity contribution in [2.24, 2.45) is 0 Å². The van der Waals surface area contributed by atoms with Gasteiger partial charge in [-0.1, -0.05) is 61.5 Å². The van der Waals surface area contributed by atoms with Crippen molar-refractivity contribution in [1.29, 1.82) is 0 Å². The lowest BCUT2D eigenvalue weighted by atomic mass is 9.88. The average Bonchev–Trinajstić information content (AvgIpc) is 2.97. The highest BCUT2D eigenvalue weighted by atomic mass is 16.2. The summed E-state index contributed by atoms with van der Waals surface area (Å²) in [7, 11) is 0. The summed E-state index contributed by atoms with van der Waals surface area (Å²) in [4.78, 5) is 41.4. The molecule has 1 aliphatic heterocycles. The van der Waals surface area contributed by atoms with Gasteiger partial charge in [0.1, 0.15) is 11.6 Å². The molecular weight excluding hydrogens is 474 g/mol. The SMILES string of the molecule is CCCC(=O)Nc1ccccc1C1CCN(C(=C=O)CCN(C(=O)c2ccccc2)c2ccccc2)CC1. The second-order valence-corrected chi connectivity index (χ2v) is 9.60. The second-order valence-electron chi connectivity index (χ2n) is 9.60. The van der Waals surface area contributed by atoms with Crippen LogP contribution in [0.3, 0.4) is 0 Å². The van der Waals surface area contributed by atoms with E-state index in [0.717, 1.165) is 49.3 Å². The number of nitrogens with zero attached hydrogens (tertiary/aromatic N) is 2. The normalized spacial score (nSPS) is 13.4. The molecule has 6 nitrogen and oxygen atoms in total. The third-order valence-corrected chi connectivity index (χ3v) is 7.05. The molecule has 1 saturated heterocycles. The van der Waals surface area contributed by atoms with Gasteiger partial charge >= 0.3 is 0 Å². The molecule has 0 atom stereocenters. The Balaban J connectivity index is 1.41. The van der Waals surface area contributed by atoms with Gasteiger partial charge in [-0.05, 0) is 61.1 Å². The van der Waals surface area contributed by atoms with Gasteiger partial charge in [0.05, 0.1) is 0 Å². The van der Waals surface area contributed by atoms with Crippen molar-refractivity contribution in [2.45, 2.75) is 44.9 Å². The van der Waals surface area contributed by atoms with Gasteiger partial charge in [-0.15, -0.1) is 0 Å². The Hall–Kier alpha value is -4.15. The number of benzene rings is 3. The predicted molar refractivity (Wildman–Crippen MR) is 152 cm³/mol. The van der Waals surface area contributed by atoms with Crippen molar-refractivity contribution < 1.29 is 14.4 Å². The second kappa shape index (κ2) is 13.4. The topological polar surface area (TPSA) is 69.7 Å². The van der Waals surface area contributed by atoms with E-state index >= 15 is 0 Å². The molecule has 0 saturated carbocycles. The van der Waals surface area contributed by atoms with Gasteiger partial charge in [0.25, 0.3) is 5.91 Å². The Morgan fingerprint density at radius 3 is 2.18 bits per heavy atom. The van der Waals surface area contributed by atoms with Crippen LogP contribution in [-0.4, -0.2) is 42.3 Å². The fourth-order valence-corrected chi connectivity index (χ4v) is 5.05. The van der Waals surface area contributed by atoms with E-state index in [1.165, 1.54) is 0 Å². The summed E-state index contributed by atoms with van der Waals surface area (Å²) < 4.78 is 0. The Morgan fingerprint density at radius 2 is 1.53 bits per heavy atom. The summed E-state index contributed by atoms with van der Waals surface area (Å²) in [5.41, 5.74) is 4.03. The number of anilines is 2. The van der Waals surface area contributed by atoms with E-state index in [9.17, 15) is 14.4 Å². The molecule has 4 rings (SSSR count). The third kappa shape index (κ3) is 6.78. The summed E-state index contributed by atoms with van der Waals surface area (Å²) in [5.74, 6) is 2.41. The van der Waals surface area contributed by atoms with E-state index in [-0.39, 0.29) is 11.8 Å². The number of hydrogen-bond acceptors (Lipinski definition) is 4. The molecule has 6 heteroatoms. The Kier molecular flexibility index (Phi) is 9.49.